The van der Waals surface area contributed by atoms with Gasteiger partial charge in [0.25, 0.3) is 0 Å². The van der Waals surface area contributed by atoms with E-state index in [9.17, 15) is 0 Å². The SMILES string of the molecule is c1ccc(-c2nc(-c3cccc4oc5ccccc5c34)nc(-c3cccc4oc5cc(-c6ccc7ccccc7c6)cnc5c34)n2)cc1. The van der Waals surface area contributed by atoms with E-state index in [1.54, 1.807) is 0 Å². The highest BCUT2D eigenvalue weighted by atomic mass is 16.3. The Balaban J connectivity index is 1.19. The quantitative estimate of drug-likeness (QED) is 0.196. The first-order valence-electron chi connectivity index (χ1n) is 15.8. The maximum Gasteiger partial charge on any atom is 0.164 e. The van der Waals surface area contributed by atoms with Crippen LogP contribution in [0.15, 0.2) is 155 Å². The lowest BCUT2D eigenvalue weighted by Crippen LogP contribution is -2.00. The largest absolute Gasteiger partial charge is 0.456 e. The summed E-state index contributed by atoms with van der Waals surface area (Å²) in [6.07, 6.45) is 1.91. The Bertz CT molecular complexity index is 2850. The number of aromatic nitrogens is 4. The molecule has 0 unspecified atom stereocenters. The Kier molecular flexibility index (Phi) is 5.77. The third kappa shape index (κ3) is 4.20. The summed E-state index contributed by atoms with van der Waals surface area (Å²) in [5.41, 5.74) is 8.45. The van der Waals surface area contributed by atoms with E-state index in [1.165, 1.54) is 10.8 Å². The van der Waals surface area contributed by atoms with Crippen LogP contribution in [0.1, 0.15) is 0 Å². The van der Waals surface area contributed by atoms with Crippen LogP contribution in [-0.4, -0.2) is 19.9 Å². The molecule has 0 aliphatic carbocycles. The smallest absolute Gasteiger partial charge is 0.164 e. The van der Waals surface area contributed by atoms with Gasteiger partial charge in [0.15, 0.2) is 23.1 Å². The molecular formula is C42H24N4O2. The first-order valence-corrected chi connectivity index (χ1v) is 15.8. The lowest BCUT2D eigenvalue weighted by molar-refractivity contribution is 0.668. The average molecular weight is 617 g/mol. The molecule has 10 rings (SSSR count). The molecule has 6 aromatic carbocycles. The van der Waals surface area contributed by atoms with Crippen molar-refractivity contribution in [3.8, 4) is 45.3 Å². The highest BCUT2D eigenvalue weighted by Gasteiger charge is 2.21. The number of hydrogen-bond acceptors (Lipinski definition) is 6. The van der Waals surface area contributed by atoms with Crippen molar-refractivity contribution in [3.63, 3.8) is 0 Å². The fourth-order valence-electron chi connectivity index (χ4n) is 6.70. The van der Waals surface area contributed by atoms with Gasteiger partial charge in [0.05, 0.1) is 5.39 Å². The van der Waals surface area contributed by atoms with Crippen LogP contribution in [0, 0.1) is 0 Å². The van der Waals surface area contributed by atoms with Crippen molar-refractivity contribution in [2.45, 2.75) is 0 Å². The Hall–Kier alpha value is -6.66. The summed E-state index contributed by atoms with van der Waals surface area (Å²) in [7, 11) is 0. The van der Waals surface area contributed by atoms with Gasteiger partial charge in [-0.3, -0.25) is 4.98 Å². The lowest BCUT2D eigenvalue weighted by Gasteiger charge is -2.10. The van der Waals surface area contributed by atoms with Crippen LogP contribution in [0.5, 0.6) is 0 Å². The molecule has 0 spiro atoms. The van der Waals surface area contributed by atoms with Gasteiger partial charge in [-0.1, -0.05) is 109 Å². The van der Waals surface area contributed by atoms with Gasteiger partial charge in [0, 0.05) is 39.2 Å². The molecule has 6 heteroatoms. The minimum absolute atomic E-state index is 0.539. The maximum atomic E-state index is 6.44. The predicted octanol–water partition coefficient (Wildman–Crippen LogP) is 10.9. The Morgan fingerprint density at radius 3 is 1.88 bits per heavy atom. The predicted molar refractivity (Wildman–Crippen MR) is 191 cm³/mol. The van der Waals surface area contributed by atoms with Crippen LogP contribution < -0.4 is 0 Å². The summed E-state index contributed by atoms with van der Waals surface area (Å²) in [4.78, 5) is 20.2. The monoisotopic (exact) mass is 616 g/mol. The highest BCUT2D eigenvalue weighted by Crippen LogP contribution is 2.39. The van der Waals surface area contributed by atoms with E-state index in [4.69, 9.17) is 28.8 Å². The zero-order chi connectivity index (χ0) is 31.6. The van der Waals surface area contributed by atoms with E-state index >= 15 is 0 Å². The van der Waals surface area contributed by atoms with Crippen LogP contribution in [0.4, 0.5) is 0 Å². The highest BCUT2D eigenvalue weighted by molar-refractivity contribution is 6.13. The molecule has 0 aliphatic rings. The number of hydrogen-bond donors (Lipinski definition) is 0. The van der Waals surface area contributed by atoms with E-state index < -0.39 is 0 Å². The second-order valence-corrected chi connectivity index (χ2v) is 11.9. The average Bonchev–Trinajstić information content (AvgIpc) is 3.73. The van der Waals surface area contributed by atoms with E-state index in [-0.39, 0.29) is 0 Å². The number of fused-ring (bicyclic) bond motifs is 7. The molecule has 0 saturated carbocycles. The lowest BCUT2D eigenvalue weighted by atomic mass is 10.0. The van der Waals surface area contributed by atoms with Crippen molar-refractivity contribution in [2.75, 3.05) is 0 Å². The Morgan fingerprint density at radius 2 is 1.04 bits per heavy atom. The van der Waals surface area contributed by atoms with E-state index in [1.807, 2.05) is 91.1 Å². The molecule has 4 heterocycles. The van der Waals surface area contributed by atoms with Gasteiger partial charge in [-0.2, -0.15) is 0 Å². The number of rotatable bonds is 4. The van der Waals surface area contributed by atoms with E-state index in [2.05, 4.69) is 54.6 Å². The first-order chi connectivity index (χ1) is 23.8. The molecular weight excluding hydrogens is 592 g/mol. The third-order valence-electron chi connectivity index (χ3n) is 8.97. The van der Waals surface area contributed by atoms with Gasteiger partial charge >= 0.3 is 0 Å². The summed E-state index contributed by atoms with van der Waals surface area (Å²) in [6, 6.07) is 46.9. The van der Waals surface area contributed by atoms with Crippen LogP contribution in [0.25, 0.3) is 100 Å². The minimum Gasteiger partial charge on any atom is -0.456 e. The molecule has 10 aromatic rings. The number of benzene rings is 6. The summed E-state index contributed by atoms with van der Waals surface area (Å²) in [5, 5.41) is 5.23. The standard InChI is InChI=1S/C42H24N4O2/c1-2-11-26(12-3-1)40-44-41(31-15-8-18-34-37(31)30-14-6-7-17-33(30)47-34)46-42(45-40)32-16-9-19-35-38(32)39-36(48-35)23-29(24-43-39)28-21-20-25-10-4-5-13-27(25)22-28/h1-24H. The summed E-state index contributed by atoms with van der Waals surface area (Å²) in [6.45, 7) is 0. The summed E-state index contributed by atoms with van der Waals surface area (Å²) in [5.74, 6) is 1.68. The van der Waals surface area contributed by atoms with Crippen molar-refractivity contribution >= 4 is 54.8 Å². The zero-order valence-corrected chi connectivity index (χ0v) is 25.5. The molecule has 6 nitrogen and oxygen atoms in total. The molecule has 0 radical (unpaired) electrons. The fourth-order valence-corrected chi connectivity index (χ4v) is 6.70. The minimum atomic E-state index is 0.539. The molecule has 0 atom stereocenters. The molecule has 0 amide bonds. The zero-order valence-electron chi connectivity index (χ0n) is 25.5. The first kappa shape index (κ1) is 26.5. The van der Waals surface area contributed by atoms with Gasteiger partial charge < -0.3 is 8.83 Å². The van der Waals surface area contributed by atoms with Gasteiger partial charge in [-0.25, -0.2) is 15.0 Å². The molecule has 0 N–H and O–H groups in total. The van der Waals surface area contributed by atoms with Crippen LogP contribution >= 0.6 is 0 Å². The number of pyridine rings is 1. The van der Waals surface area contributed by atoms with E-state index in [0.717, 1.165) is 66.2 Å². The molecule has 4 aromatic heterocycles. The maximum absolute atomic E-state index is 6.44. The van der Waals surface area contributed by atoms with Gasteiger partial charge in [-0.15, -0.1) is 0 Å². The normalized spacial score (nSPS) is 11.8. The number of nitrogens with zero attached hydrogens (tertiary/aromatic N) is 4. The second-order valence-electron chi connectivity index (χ2n) is 11.9. The molecule has 0 fully saturated rings. The van der Waals surface area contributed by atoms with Crippen LogP contribution in [0.2, 0.25) is 0 Å². The molecule has 48 heavy (non-hydrogen) atoms. The number of para-hydroxylation sites is 1. The van der Waals surface area contributed by atoms with E-state index in [0.29, 0.717) is 23.1 Å². The fraction of sp³-hybridized carbons (Fsp3) is 0. The Labute approximate surface area is 274 Å². The topological polar surface area (TPSA) is 77.8 Å². The van der Waals surface area contributed by atoms with Crippen LogP contribution in [-0.2, 0) is 0 Å². The molecule has 0 saturated heterocycles. The molecule has 224 valence electrons. The van der Waals surface area contributed by atoms with Crippen LogP contribution in [0.3, 0.4) is 0 Å². The summed E-state index contributed by atoms with van der Waals surface area (Å²) < 4.78 is 12.7. The van der Waals surface area contributed by atoms with Gasteiger partial charge in [-0.05, 0) is 46.7 Å². The van der Waals surface area contributed by atoms with Crippen molar-refractivity contribution in [3.05, 3.63) is 146 Å². The third-order valence-corrected chi connectivity index (χ3v) is 8.97. The van der Waals surface area contributed by atoms with Crippen molar-refractivity contribution in [1.29, 1.82) is 0 Å². The van der Waals surface area contributed by atoms with Crippen molar-refractivity contribution in [2.24, 2.45) is 0 Å². The van der Waals surface area contributed by atoms with Gasteiger partial charge in [0.2, 0.25) is 0 Å². The Morgan fingerprint density at radius 1 is 0.396 bits per heavy atom. The second kappa shape index (κ2) is 10.4. The number of furan rings is 2. The van der Waals surface area contributed by atoms with Crippen molar-refractivity contribution < 1.29 is 8.83 Å². The van der Waals surface area contributed by atoms with Gasteiger partial charge in [0.1, 0.15) is 22.3 Å². The molecule has 0 bridgehead atoms. The summed E-state index contributed by atoms with van der Waals surface area (Å²) >= 11 is 0. The van der Waals surface area contributed by atoms with Crippen molar-refractivity contribution in [1.82, 2.24) is 19.9 Å². The molecule has 0 aliphatic heterocycles.